The van der Waals surface area contributed by atoms with E-state index in [1.165, 1.54) is 12.1 Å². The lowest BCUT2D eigenvalue weighted by Gasteiger charge is -2.53. The van der Waals surface area contributed by atoms with E-state index >= 15 is 0 Å². The number of anilines is 1. The summed E-state index contributed by atoms with van der Waals surface area (Å²) in [6, 6.07) is 2.82. The molecule has 3 aliphatic rings. The maximum absolute atomic E-state index is 13.7. The van der Waals surface area contributed by atoms with Crippen molar-refractivity contribution < 1.29 is 43.7 Å². The van der Waals surface area contributed by atoms with Gasteiger partial charge in [-0.25, -0.2) is 0 Å². The number of Topliss-reactive ketones (excluding diaryl/α,β-unsaturated/α-hetero) is 4. The zero-order valence-corrected chi connectivity index (χ0v) is 18.6. The van der Waals surface area contributed by atoms with Crippen molar-refractivity contribution in [1.29, 1.82) is 5.26 Å². The first-order valence-corrected chi connectivity index (χ1v) is 10.7. The number of phenols is 1. The largest absolute Gasteiger partial charge is 0.505 e. The fraction of sp³-hybridized carbons (Fsp3) is 0.435. The predicted octanol–water partition coefficient (Wildman–Crippen LogP) is -0.678. The van der Waals surface area contributed by atoms with Gasteiger partial charge in [0.05, 0.1) is 17.2 Å². The minimum Gasteiger partial charge on any atom is -0.505 e. The molecule has 35 heavy (non-hydrogen) atoms. The van der Waals surface area contributed by atoms with E-state index in [1.54, 1.807) is 13.1 Å². The molecule has 12 heteroatoms. The summed E-state index contributed by atoms with van der Waals surface area (Å²) < 4.78 is 5.42. The standard InChI is InChI=1S/C23H21N3O9/c1-7-9-3-4-11(26-6-24)17(29)14(9)18(30)16-13(7)19(35-8(2)27)10-5-12(28)15(22(25)33)20(31)23(10,34)21(16)32/h3-4,7,10,13,15-16,19,26,29,34H,5H2,1-2H3,(H2,25,33)/t7-,10+,13+,15?,16?,19+,23+/m0/s1. The topological polar surface area (TPSA) is 214 Å². The van der Waals surface area contributed by atoms with Crippen LogP contribution in [-0.2, 0) is 28.7 Å². The number of nitriles is 1. The Balaban J connectivity index is 1.95. The molecule has 0 saturated heterocycles. The van der Waals surface area contributed by atoms with Crippen LogP contribution < -0.4 is 11.1 Å². The van der Waals surface area contributed by atoms with E-state index in [4.69, 9.17) is 15.7 Å². The Hall–Kier alpha value is -4.11. The van der Waals surface area contributed by atoms with Gasteiger partial charge in [-0.2, -0.15) is 5.26 Å². The van der Waals surface area contributed by atoms with E-state index in [9.17, 15) is 39.0 Å². The quantitative estimate of drug-likeness (QED) is 0.139. The van der Waals surface area contributed by atoms with Crippen LogP contribution in [0.4, 0.5) is 5.69 Å². The molecule has 2 fully saturated rings. The highest BCUT2D eigenvalue weighted by atomic mass is 16.5. The summed E-state index contributed by atoms with van der Waals surface area (Å²) in [5.41, 5.74) is 2.07. The highest BCUT2D eigenvalue weighted by Crippen LogP contribution is 2.55. The molecule has 0 heterocycles. The third-order valence-corrected chi connectivity index (χ3v) is 7.32. The van der Waals surface area contributed by atoms with Crippen LogP contribution in [-0.4, -0.2) is 56.9 Å². The second kappa shape index (κ2) is 7.99. The van der Waals surface area contributed by atoms with E-state index in [1.807, 2.05) is 0 Å². The number of phenolic OH excluding ortho intramolecular Hbond substituents is 1. The number of ketones is 4. The van der Waals surface area contributed by atoms with Crippen LogP contribution in [0.1, 0.15) is 42.1 Å². The molecule has 5 N–H and O–H groups in total. The third-order valence-electron chi connectivity index (χ3n) is 7.32. The fourth-order valence-electron chi connectivity index (χ4n) is 5.84. The molecule has 4 rings (SSSR count). The predicted molar refractivity (Wildman–Crippen MR) is 113 cm³/mol. The number of rotatable bonds is 3. The third kappa shape index (κ3) is 3.15. The number of aromatic hydroxyl groups is 1. The first kappa shape index (κ1) is 24.0. The number of carbonyl (C=O) groups excluding carboxylic acids is 6. The number of carbonyl (C=O) groups is 6. The number of amides is 1. The number of esters is 1. The van der Waals surface area contributed by atoms with E-state index in [0.29, 0.717) is 0 Å². The zero-order chi connectivity index (χ0) is 26.0. The van der Waals surface area contributed by atoms with Crippen molar-refractivity contribution in [2.24, 2.45) is 29.4 Å². The van der Waals surface area contributed by atoms with Gasteiger partial charge in [-0.05, 0) is 17.5 Å². The Morgan fingerprint density at radius 3 is 2.46 bits per heavy atom. The summed E-state index contributed by atoms with van der Waals surface area (Å²) >= 11 is 0. The van der Waals surface area contributed by atoms with Gasteiger partial charge in [0, 0.05) is 25.2 Å². The van der Waals surface area contributed by atoms with Crippen molar-refractivity contribution in [3.05, 3.63) is 23.3 Å². The molecular formula is C23H21N3O9. The van der Waals surface area contributed by atoms with E-state index in [2.05, 4.69) is 5.32 Å². The molecule has 0 radical (unpaired) electrons. The molecular weight excluding hydrogens is 462 g/mol. The zero-order valence-electron chi connectivity index (χ0n) is 18.6. The number of nitrogens with two attached hydrogens (primary N) is 1. The normalized spacial score (nSPS) is 33.7. The van der Waals surface area contributed by atoms with Crippen molar-refractivity contribution in [3.63, 3.8) is 0 Å². The average molecular weight is 483 g/mol. The summed E-state index contributed by atoms with van der Waals surface area (Å²) in [5.74, 6) is -14.6. The van der Waals surface area contributed by atoms with Gasteiger partial charge in [-0.3, -0.25) is 34.1 Å². The first-order chi connectivity index (χ1) is 16.4. The second-order valence-electron chi connectivity index (χ2n) is 9.05. The summed E-state index contributed by atoms with van der Waals surface area (Å²) in [7, 11) is 0. The molecule has 1 aromatic carbocycles. The van der Waals surface area contributed by atoms with Crippen LogP contribution in [0.25, 0.3) is 0 Å². The van der Waals surface area contributed by atoms with Crippen molar-refractivity contribution in [3.8, 4) is 11.9 Å². The first-order valence-electron chi connectivity index (χ1n) is 10.7. The molecule has 2 saturated carbocycles. The monoisotopic (exact) mass is 483 g/mol. The van der Waals surface area contributed by atoms with Crippen molar-refractivity contribution in [2.45, 2.75) is 37.9 Å². The Morgan fingerprint density at radius 1 is 1.23 bits per heavy atom. The van der Waals surface area contributed by atoms with Gasteiger partial charge in [0.1, 0.15) is 6.10 Å². The summed E-state index contributed by atoms with van der Waals surface area (Å²) in [6.45, 7) is 2.66. The lowest BCUT2D eigenvalue weighted by molar-refractivity contribution is -0.197. The Kier molecular flexibility index (Phi) is 5.48. The molecule has 0 aliphatic heterocycles. The van der Waals surface area contributed by atoms with Gasteiger partial charge in [0.25, 0.3) is 0 Å². The van der Waals surface area contributed by atoms with Gasteiger partial charge < -0.3 is 20.7 Å². The molecule has 2 unspecified atom stereocenters. The number of ether oxygens (including phenoxy) is 1. The van der Waals surface area contributed by atoms with Crippen LogP contribution >= 0.6 is 0 Å². The number of benzene rings is 1. The molecule has 0 aromatic heterocycles. The summed E-state index contributed by atoms with van der Waals surface area (Å²) in [6.07, 6.45) is -0.469. The van der Waals surface area contributed by atoms with Gasteiger partial charge in [0.2, 0.25) is 5.91 Å². The number of primary amides is 1. The number of hydrogen-bond donors (Lipinski definition) is 4. The van der Waals surface area contributed by atoms with Crippen molar-refractivity contribution in [2.75, 3.05) is 5.32 Å². The highest BCUT2D eigenvalue weighted by Gasteiger charge is 2.71. The molecule has 182 valence electrons. The van der Waals surface area contributed by atoms with Crippen LogP contribution in [0.3, 0.4) is 0 Å². The number of hydrogen-bond acceptors (Lipinski definition) is 11. The van der Waals surface area contributed by atoms with Gasteiger partial charge in [0.15, 0.2) is 46.6 Å². The van der Waals surface area contributed by atoms with Crippen LogP contribution in [0.15, 0.2) is 12.1 Å². The number of nitrogens with zero attached hydrogens (tertiary/aromatic N) is 1. The summed E-state index contributed by atoms with van der Waals surface area (Å²) in [4.78, 5) is 76.8. The minimum absolute atomic E-state index is 0.102. The maximum Gasteiger partial charge on any atom is 0.302 e. The maximum atomic E-state index is 13.7. The average Bonchev–Trinajstić information content (AvgIpc) is 2.77. The molecule has 0 spiro atoms. The van der Waals surface area contributed by atoms with Crippen molar-refractivity contribution >= 4 is 40.7 Å². The van der Waals surface area contributed by atoms with Crippen LogP contribution in [0.2, 0.25) is 0 Å². The smallest absolute Gasteiger partial charge is 0.302 e. The molecule has 1 aromatic rings. The SMILES string of the molecule is CC(=O)O[C@H]1[C@H]2C(C(=O)c3c(ccc(NC#N)c3O)[C@@H]2C)C(=O)[C@]2(O)C(=O)C(C(N)=O)C(=O)C[C@H]12. The molecule has 0 bridgehead atoms. The fourth-order valence-corrected chi connectivity index (χ4v) is 5.84. The van der Waals surface area contributed by atoms with E-state index < -0.39 is 88.5 Å². The lowest BCUT2D eigenvalue weighted by Crippen LogP contribution is -2.73. The molecule has 1 amide bonds. The van der Waals surface area contributed by atoms with E-state index in [0.717, 1.165) is 6.92 Å². The number of fused-ring (bicyclic) bond motifs is 3. The Bertz CT molecular complexity index is 1270. The number of aliphatic hydroxyl groups is 1. The van der Waals surface area contributed by atoms with Crippen LogP contribution in [0, 0.1) is 35.1 Å². The second-order valence-corrected chi connectivity index (χ2v) is 9.05. The van der Waals surface area contributed by atoms with Gasteiger partial charge in [-0.1, -0.05) is 13.0 Å². The summed E-state index contributed by atoms with van der Waals surface area (Å²) in [5, 5.41) is 33.2. The Morgan fingerprint density at radius 2 is 1.89 bits per heavy atom. The number of nitrogens with one attached hydrogen (secondary N) is 1. The Labute approximate surface area is 198 Å². The highest BCUT2D eigenvalue weighted by molar-refractivity contribution is 6.31. The molecule has 12 nitrogen and oxygen atoms in total. The van der Waals surface area contributed by atoms with Gasteiger partial charge >= 0.3 is 5.97 Å². The molecule has 3 aliphatic carbocycles. The lowest BCUT2D eigenvalue weighted by atomic mass is 9.50. The van der Waals surface area contributed by atoms with Crippen LogP contribution in [0.5, 0.6) is 5.75 Å². The minimum atomic E-state index is -3.00. The van der Waals surface area contributed by atoms with E-state index in [-0.39, 0.29) is 16.8 Å². The van der Waals surface area contributed by atoms with Gasteiger partial charge in [-0.15, -0.1) is 0 Å². The van der Waals surface area contributed by atoms with Crippen molar-refractivity contribution in [1.82, 2.24) is 0 Å². The molecule has 7 atom stereocenters.